The van der Waals surface area contributed by atoms with Crippen LogP contribution in [0.15, 0.2) is 39.4 Å². The highest BCUT2D eigenvalue weighted by molar-refractivity contribution is 7.09. The molecule has 0 amide bonds. The summed E-state index contributed by atoms with van der Waals surface area (Å²) in [6, 6.07) is 4.49. The molecular weight excluding hydrogens is 332 g/mol. The van der Waals surface area contributed by atoms with Crippen LogP contribution in [0, 0.1) is 0 Å². The summed E-state index contributed by atoms with van der Waals surface area (Å²) in [5.41, 5.74) is 0. The number of nitrogens with zero attached hydrogens (tertiary/aromatic N) is 3. The van der Waals surface area contributed by atoms with Crippen LogP contribution in [0.4, 0.5) is 0 Å². The van der Waals surface area contributed by atoms with Crippen molar-refractivity contribution in [3.05, 3.63) is 40.7 Å². The van der Waals surface area contributed by atoms with Crippen LogP contribution in [-0.2, 0) is 6.42 Å². The largest absolute Gasteiger partial charge is 0.469 e. The molecule has 1 N–H and O–H groups in total. The van der Waals surface area contributed by atoms with Crippen molar-refractivity contribution in [2.75, 3.05) is 20.1 Å². The van der Waals surface area contributed by atoms with Gasteiger partial charge in [-0.05, 0) is 25.0 Å². The molecule has 6 heteroatoms. The Morgan fingerprint density at radius 1 is 1.48 bits per heavy atom. The molecule has 1 unspecified atom stereocenters. The van der Waals surface area contributed by atoms with E-state index >= 15 is 0 Å². The molecule has 0 aromatic carbocycles. The normalized spacial score (nSPS) is 17.0. The Morgan fingerprint density at radius 3 is 3.00 bits per heavy atom. The molecular formula is C19H28N4OS. The van der Waals surface area contributed by atoms with Gasteiger partial charge in [-0.3, -0.25) is 4.99 Å². The quantitative estimate of drug-likeness (QED) is 0.601. The van der Waals surface area contributed by atoms with Crippen molar-refractivity contribution >= 4 is 17.3 Å². The lowest BCUT2D eigenvalue weighted by molar-refractivity contribution is 0.432. The summed E-state index contributed by atoms with van der Waals surface area (Å²) in [7, 11) is 2.12. The number of hydrogen-bond acceptors (Lipinski definition) is 4. The van der Waals surface area contributed by atoms with E-state index < -0.39 is 0 Å². The number of aromatic nitrogens is 1. The van der Waals surface area contributed by atoms with Gasteiger partial charge in [0.25, 0.3) is 0 Å². The first-order valence-electron chi connectivity index (χ1n) is 9.16. The molecule has 0 bridgehead atoms. The Morgan fingerprint density at radius 2 is 2.32 bits per heavy atom. The highest BCUT2D eigenvalue weighted by atomic mass is 32.1. The number of nitrogens with one attached hydrogen (secondary N) is 1. The second kappa shape index (κ2) is 9.04. The van der Waals surface area contributed by atoms with Gasteiger partial charge in [0.2, 0.25) is 0 Å². The lowest BCUT2D eigenvalue weighted by Gasteiger charge is -2.27. The topological polar surface area (TPSA) is 53.7 Å². The monoisotopic (exact) mass is 360 g/mol. The smallest absolute Gasteiger partial charge is 0.193 e. The number of hydrogen-bond donors (Lipinski definition) is 1. The van der Waals surface area contributed by atoms with Gasteiger partial charge in [0.15, 0.2) is 5.96 Å². The van der Waals surface area contributed by atoms with E-state index in [0.29, 0.717) is 12.0 Å². The molecule has 1 saturated carbocycles. The van der Waals surface area contributed by atoms with Crippen molar-refractivity contribution in [1.82, 2.24) is 15.2 Å². The third-order valence-corrected chi connectivity index (χ3v) is 5.68. The maximum Gasteiger partial charge on any atom is 0.193 e. The molecule has 2 heterocycles. The minimum atomic E-state index is 0.394. The standard InChI is InChI=1S/C19H28N4OS/c1-15(18-20-11-13-25-18)14-23(2)19(22-16-6-3-4-7-16)21-10-9-17-8-5-12-24-17/h5,8,11-13,15-16H,3-4,6-7,9-10,14H2,1-2H3,(H,21,22). The molecule has 0 saturated heterocycles. The number of aliphatic imine (C=N–C) groups is 1. The predicted molar refractivity (Wildman–Crippen MR) is 103 cm³/mol. The first kappa shape index (κ1) is 18.0. The molecule has 2 aromatic heterocycles. The number of furan rings is 1. The van der Waals surface area contributed by atoms with Crippen LogP contribution < -0.4 is 5.32 Å². The summed E-state index contributed by atoms with van der Waals surface area (Å²) in [5.74, 6) is 2.38. The van der Waals surface area contributed by atoms with E-state index in [1.807, 2.05) is 23.7 Å². The Hall–Kier alpha value is -1.82. The fraction of sp³-hybridized carbons (Fsp3) is 0.579. The highest BCUT2D eigenvalue weighted by Crippen LogP contribution is 2.20. The maximum atomic E-state index is 5.41. The number of rotatable bonds is 7. The summed E-state index contributed by atoms with van der Waals surface area (Å²) < 4.78 is 5.41. The third-order valence-electron chi connectivity index (χ3n) is 4.67. The van der Waals surface area contributed by atoms with E-state index in [0.717, 1.165) is 31.2 Å². The molecule has 136 valence electrons. The average Bonchev–Trinajstić information content (AvgIpc) is 3.36. The van der Waals surface area contributed by atoms with Gasteiger partial charge >= 0.3 is 0 Å². The van der Waals surface area contributed by atoms with Crippen LogP contribution in [-0.4, -0.2) is 42.0 Å². The van der Waals surface area contributed by atoms with E-state index in [4.69, 9.17) is 9.41 Å². The fourth-order valence-corrected chi connectivity index (χ4v) is 4.00. The first-order valence-corrected chi connectivity index (χ1v) is 10.0. The van der Waals surface area contributed by atoms with Gasteiger partial charge in [0.05, 0.1) is 11.3 Å². The predicted octanol–water partition coefficient (Wildman–Crippen LogP) is 3.90. The lowest BCUT2D eigenvalue weighted by Crippen LogP contribution is -2.44. The Bertz CT molecular complexity index is 632. The lowest BCUT2D eigenvalue weighted by atomic mass is 10.2. The molecule has 1 aliphatic carbocycles. The van der Waals surface area contributed by atoms with Gasteiger partial charge in [-0.15, -0.1) is 11.3 Å². The van der Waals surface area contributed by atoms with E-state index in [9.17, 15) is 0 Å². The van der Waals surface area contributed by atoms with Gasteiger partial charge in [-0.2, -0.15) is 0 Å². The summed E-state index contributed by atoms with van der Waals surface area (Å²) in [6.07, 6.45) is 9.55. The maximum absolute atomic E-state index is 5.41. The van der Waals surface area contributed by atoms with Gasteiger partial charge in [-0.1, -0.05) is 19.8 Å². The average molecular weight is 361 g/mol. The van der Waals surface area contributed by atoms with Crippen molar-refractivity contribution in [3.8, 4) is 0 Å². The summed E-state index contributed by atoms with van der Waals surface area (Å²) in [5, 5.41) is 6.90. The molecule has 1 aliphatic rings. The molecule has 1 fully saturated rings. The summed E-state index contributed by atoms with van der Waals surface area (Å²) in [4.78, 5) is 11.5. The molecule has 0 aliphatic heterocycles. The van der Waals surface area contributed by atoms with E-state index in [1.165, 1.54) is 30.7 Å². The number of guanidine groups is 1. The second-order valence-corrected chi connectivity index (χ2v) is 7.74. The molecule has 0 spiro atoms. The van der Waals surface area contributed by atoms with Crippen LogP contribution in [0.5, 0.6) is 0 Å². The van der Waals surface area contributed by atoms with Gasteiger partial charge < -0.3 is 14.6 Å². The fourth-order valence-electron chi connectivity index (χ4n) is 3.31. The minimum Gasteiger partial charge on any atom is -0.469 e. The summed E-state index contributed by atoms with van der Waals surface area (Å²) >= 11 is 1.72. The molecule has 5 nitrogen and oxygen atoms in total. The van der Waals surface area contributed by atoms with Crippen molar-refractivity contribution in [1.29, 1.82) is 0 Å². The molecule has 2 aromatic rings. The van der Waals surface area contributed by atoms with Crippen LogP contribution in [0.25, 0.3) is 0 Å². The van der Waals surface area contributed by atoms with Gasteiger partial charge in [0.1, 0.15) is 5.76 Å². The van der Waals surface area contributed by atoms with E-state index in [-0.39, 0.29) is 0 Å². The van der Waals surface area contributed by atoms with Gasteiger partial charge in [-0.25, -0.2) is 4.98 Å². The van der Waals surface area contributed by atoms with Crippen LogP contribution >= 0.6 is 11.3 Å². The van der Waals surface area contributed by atoms with Crippen LogP contribution in [0.3, 0.4) is 0 Å². The summed E-state index contributed by atoms with van der Waals surface area (Å²) in [6.45, 7) is 3.87. The molecule has 25 heavy (non-hydrogen) atoms. The zero-order chi connectivity index (χ0) is 17.5. The number of thiazole rings is 1. The SMILES string of the molecule is CC(CN(C)C(=NCCc1ccco1)NC1CCCC1)c1nccs1. The highest BCUT2D eigenvalue weighted by Gasteiger charge is 2.20. The Balaban J connectivity index is 1.61. The Labute approximate surface area is 154 Å². The van der Waals surface area contributed by atoms with E-state index in [1.54, 1.807) is 17.6 Å². The Kier molecular flexibility index (Phi) is 6.50. The number of likely N-dealkylation sites (N-methyl/N-ethyl adjacent to an activating group) is 1. The van der Waals surface area contributed by atoms with Crippen LogP contribution in [0.2, 0.25) is 0 Å². The van der Waals surface area contributed by atoms with E-state index in [2.05, 4.69) is 29.2 Å². The van der Waals surface area contributed by atoms with Crippen molar-refractivity contribution < 1.29 is 4.42 Å². The van der Waals surface area contributed by atoms with Crippen molar-refractivity contribution in [3.63, 3.8) is 0 Å². The van der Waals surface area contributed by atoms with Gasteiger partial charge in [0, 0.05) is 50.1 Å². The van der Waals surface area contributed by atoms with Crippen molar-refractivity contribution in [2.45, 2.75) is 51.0 Å². The molecule has 0 radical (unpaired) electrons. The zero-order valence-corrected chi connectivity index (χ0v) is 16.0. The van der Waals surface area contributed by atoms with Crippen molar-refractivity contribution in [2.24, 2.45) is 4.99 Å². The van der Waals surface area contributed by atoms with Crippen LogP contribution in [0.1, 0.15) is 49.3 Å². The second-order valence-electron chi connectivity index (χ2n) is 6.81. The first-order chi connectivity index (χ1) is 12.2. The minimum absolute atomic E-state index is 0.394. The third kappa shape index (κ3) is 5.33. The zero-order valence-electron chi connectivity index (χ0n) is 15.1. The molecule has 3 rings (SSSR count). The molecule has 1 atom stereocenters.